The predicted molar refractivity (Wildman–Crippen MR) is 74.2 cm³/mol. The average Bonchev–Trinajstić information content (AvgIpc) is 2.99. The molecule has 0 unspecified atom stereocenters. The van der Waals surface area contributed by atoms with Crippen LogP contribution in [-0.4, -0.2) is 17.4 Å². The molecule has 0 N–H and O–H groups in total. The first-order chi connectivity index (χ1) is 10.4. The number of nitrogens with zero attached hydrogens (tertiary/aromatic N) is 1. The highest BCUT2D eigenvalue weighted by Crippen LogP contribution is 2.26. The first kappa shape index (κ1) is 7.97. The molecule has 1 aromatic heterocycles. The molecular weight excluding hydrogens is 266 g/mol. The van der Waals surface area contributed by atoms with E-state index in [-0.39, 0.29) is 47.2 Å². The van der Waals surface area contributed by atoms with Gasteiger partial charge in [0.25, 0.3) is 5.91 Å². The fourth-order valence-corrected chi connectivity index (χ4v) is 3.02. The third-order valence-corrected chi connectivity index (χ3v) is 4.24. The number of halogens is 1. The Morgan fingerprint density at radius 1 is 1.44 bits per heavy atom. The van der Waals surface area contributed by atoms with Crippen molar-refractivity contribution in [2.24, 2.45) is 0 Å². The maximum atomic E-state index is 12.4. The Morgan fingerprint density at radius 3 is 3.17 bits per heavy atom. The molecule has 3 rings (SSSR count). The van der Waals surface area contributed by atoms with Gasteiger partial charge in [-0.3, -0.25) is 4.79 Å². The first-order valence-electron chi connectivity index (χ1n) is 7.52. The van der Waals surface area contributed by atoms with E-state index in [0.29, 0.717) is 12.1 Å². The SMILES string of the molecule is [2H]c1c([2H])c([2H])c(CN2CCc3sccc3C2=O)c(Cl)c1[2H]. The van der Waals surface area contributed by atoms with Gasteiger partial charge in [-0.25, -0.2) is 0 Å². The Bertz CT molecular complexity index is 747. The van der Waals surface area contributed by atoms with Crippen LogP contribution in [0.15, 0.2) is 35.6 Å². The summed E-state index contributed by atoms with van der Waals surface area (Å²) in [5.41, 5.74) is 0.938. The van der Waals surface area contributed by atoms with E-state index in [1.807, 2.05) is 5.38 Å². The van der Waals surface area contributed by atoms with Gasteiger partial charge < -0.3 is 4.90 Å². The molecule has 18 heavy (non-hydrogen) atoms. The van der Waals surface area contributed by atoms with E-state index in [4.69, 9.17) is 17.1 Å². The summed E-state index contributed by atoms with van der Waals surface area (Å²) in [4.78, 5) is 15.1. The molecule has 0 radical (unpaired) electrons. The van der Waals surface area contributed by atoms with Crippen molar-refractivity contribution in [3.63, 3.8) is 0 Å². The number of fused-ring (bicyclic) bond motifs is 1. The zero-order valence-electron chi connectivity index (χ0n) is 13.4. The normalized spacial score (nSPS) is 17.8. The number of hydrogen-bond donors (Lipinski definition) is 0. The lowest BCUT2D eigenvalue weighted by Gasteiger charge is -2.27. The van der Waals surface area contributed by atoms with Crippen molar-refractivity contribution in [3.05, 3.63) is 56.6 Å². The van der Waals surface area contributed by atoms with Crippen LogP contribution in [0.5, 0.6) is 0 Å². The second kappa shape index (κ2) is 4.75. The minimum Gasteiger partial charge on any atom is -0.334 e. The van der Waals surface area contributed by atoms with Crippen LogP contribution in [0.1, 0.15) is 26.3 Å². The number of carbonyl (C=O) groups excluding carboxylic acids is 1. The maximum Gasteiger partial charge on any atom is 0.255 e. The summed E-state index contributed by atoms with van der Waals surface area (Å²) >= 11 is 7.63. The summed E-state index contributed by atoms with van der Waals surface area (Å²) in [6, 6.07) is 0.651. The topological polar surface area (TPSA) is 20.3 Å². The molecule has 1 amide bonds. The molecule has 0 spiro atoms. The third kappa shape index (κ3) is 2.04. The number of rotatable bonds is 2. The van der Waals surface area contributed by atoms with Gasteiger partial charge in [0.1, 0.15) is 0 Å². The van der Waals surface area contributed by atoms with Crippen molar-refractivity contribution < 1.29 is 10.3 Å². The molecular formula is C14H12ClNOS. The number of hydrogen-bond acceptors (Lipinski definition) is 2. The van der Waals surface area contributed by atoms with E-state index in [1.54, 1.807) is 22.3 Å². The lowest BCUT2D eigenvalue weighted by molar-refractivity contribution is 0.0729. The number of carbonyl (C=O) groups is 1. The molecule has 0 aliphatic carbocycles. The number of amides is 1. The summed E-state index contributed by atoms with van der Waals surface area (Å²) in [6.07, 6.45) is 0.752. The monoisotopic (exact) mass is 281 g/mol. The van der Waals surface area contributed by atoms with Gasteiger partial charge >= 0.3 is 0 Å². The quantitative estimate of drug-likeness (QED) is 0.824. The molecule has 0 fully saturated rings. The molecule has 1 aliphatic heterocycles. The van der Waals surface area contributed by atoms with Gasteiger partial charge in [-0.05, 0) is 23.1 Å². The predicted octanol–water partition coefficient (Wildman–Crippen LogP) is 3.60. The third-order valence-electron chi connectivity index (χ3n) is 2.93. The van der Waals surface area contributed by atoms with E-state index in [0.717, 1.165) is 11.3 Å². The van der Waals surface area contributed by atoms with Crippen LogP contribution in [0.25, 0.3) is 0 Å². The Hall–Kier alpha value is -1.32. The van der Waals surface area contributed by atoms with Crippen LogP contribution < -0.4 is 0 Å². The van der Waals surface area contributed by atoms with E-state index in [1.165, 1.54) is 0 Å². The molecule has 92 valence electrons. The van der Waals surface area contributed by atoms with Gasteiger partial charge in [-0.15, -0.1) is 11.3 Å². The average molecular weight is 282 g/mol. The summed E-state index contributed by atoms with van der Waals surface area (Å²) < 4.78 is 31.0. The van der Waals surface area contributed by atoms with Crippen molar-refractivity contribution in [2.45, 2.75) is 13.0 Å². The minimum atomic E-state index is -0.358. The van der Waals surface area contributed by atoms with Crippen LogP contribution in [0, 0.1) is 0 Å². The second-order valence-electron chi connectivity index (χ2n) is 4.03. The van der Waals surface area contributed by atoms with Crippen molar-refractivity contribution in [2.75, 3.05) is 6.54 Å². The summed E-state index contributed by atoms with van der Waals surface area (Å²) in [5, 5.41) is 1.86. The highest BCUT2D eigenvalue weighted by molar-refractivity contribution is 7.10. The molecule has 0 bridgehead atoms. The smallest absolute Gasteiger partial charge is 0.255 e. The van der Waals surface area contributed by atoms with E-state index < -0.39 is 0 Å². The molecule has 2 nitrogen and oxygen atoms in total. The van der Waals surface area contributed by atoms with E-state index in [2.05, 4.69) is 0 Å². The van der Waals surface area contributed by atoms with Crippen molar-refractivity contribution in [1.82, 2.24) is 4.90 Å². The Morgan fingerprint density at radius 2 is 2.28 bits per heavy atom. The molecule has 2 aromatic rings. The van der Waals surface area contributed by atoms with Gasteiger partial charge in [-0.2, -0.15) is 0 Å². The standard InChI is InChI=1S/C14H12ClNOS/c15-12-4-2-1-3-10(12)9-16-7-5-13-11(14(16)17)6-8-18-13/h1-4,6,8H,5,7,9H2/i1D,2D,3D,4D. The summed E-state index contributed by atoms with van der Waals surface area (Å²) in [5.74, 6) is -0.119. The van der Waals surface area contributed by atoms with E-state index in [9.17, 15) is 4.79 Å². The molecule has 4 heteroatoms. The minimum absolute atomic E-state index is 0.0186. The van der Waals surface area contributed by atoms with Gasteiger partial charge in [-0.1, -0.05) is 29.7 Å². The molecule has 0 saturated carbocycles. The van der Waals surface area contributed by atoms with Gasteiger partial charge in [0, 0.05) is 29.4 Å². The fraction of sp³-hybridized carbons (Fsp3) is 0.214. The molecule has 0 saturated heterocycles. The largest absolute Gasteiger partial charge is 0.334 e. The zero-order valence-corrected chi connectivity index (χ0v) is 11.0. The van der Waals surface area contributed by atoms with Gasteiger partial charge in [0.05, 0.1) is 11.0 Å². The number of thiophene rings is 1. The lowest BCUT2D eigenvalue weighted by atomic mass is 10.1. The van der Waals surface area contributed by atoms with Crippen molar-refractivity contribution >= 4 is 28.8 Å². The summed E-state index contributed by atoms with van der Waals surface area (Å²) in [6.45, 7) is 0.606. The van der Waals surface area contributed by atoms with Crippen LogP contribution in [0.4, 0.5) is 0 Å². The highest BCUT2D eigenvalue weighted by Gasteiger charge is 2.25. The van der Waals surface area contributed by atoms with Crippen molar-refractivity contribution in [3.8, 4) is 0 Å². The lowest BCUT2D eigenvalue weighted by Crippen LogP contribution is -2.36. The number of benzene rings is 1. The van der Waals surface area contributed by atoms with Gasteiger partial charge in [0.15, 0.2) is 0 Å². The van der Waals surface area contributed by atoms with Gasteiger partial charge in [0.2, 0.25) is 0 Å². The highest BCUT2D eigenvalue weighted by atomic mass is 35.5. The fourth-order valence-electron chi connectivity index (χ4n) is 2.01. The van der Waals surface area contributed by atoms with Crippen LogP contribution in [0.3, 0.4) is 0 Å². The molecule has 2 heterocycles. The van der Waals surface area contributed by atoms with Crippen molar-refractivity contribution in [1.29, 1.82) is 0 Å². The Balaban J connectivity index is 1.97. The van der Waals surface area contributed by atoms with Crippen LogP contribution >= 0.6 is 22.9 Å². The second-order valence-corrected chi connectivity index (χ2v) is 5.41. The maximum absolute atomic E-state index is 12.4. The van der Waals surface area contributed by atoms with Crippen LogP contribution in [-0.2, 0) is 13.0 Å². The molecule has 1 aromatic carbocycles. The Labute approximate surface area is 120 Å². The van der Waals surface area contributed by atoms with Crippen LogP contribution in [0.2, 0.25) is 5.02 Å². The Kier molecular flexibility index (Phi) is 2.10. The van der Waals surface area contributed by atoms with E-state index >= 15 is 0 Å². The molecule has 0 atom stereocenters. The molecule has 1 aliphatic rings. The zero-order chi connectivity index (χ0) is 16.0. The summed E-state index contributed by atoms with van der Waals surface area (Å²) in [7, 11) is 0. The first-order valence-corrected chi connectivity index (χ1v) is 6.78.